The van der Waals surface area contributed by atoms with E-state index >= 15 is 0 Å². The van der Waals surface area contributed by atoms with Crippen LogP contribution in [0.5, 0.6) is 11.5 Å². The average molecular weight is 651 g/mol. The lowest BCUT2D eigenvalue weighted by Crippen LogP contribution is -2.46. The molecule has 7 rings (SSSR count). The van der Waals surface area contributed by atoms with Crippen LogP contribution in [0.3, 0.4) is 0 Å². The highest BCUT2D eigenvalue weighted by Gasteiger charge is 2.23. The van der Waals surface area contributed by atoms with Crippen molar-refractivity contribution in [3.05, 3.63) is 119 Å². The molecule has 0 aliphatic carbocycles. The molecule has 7 nitrogen and oxygen atoms in total. The number of hydrogen-bond donors (Lipinski definition) is 0. The van der Waals surface area contributed by atoms with Crippen LogP contribution < -0.4 is 14.5 Å². The van der Waals surface area contributed by atoms with Gasteiger partial charge in [-0.05, 0) is 84.9 Å². The zero-order valence-corrected chi connectivity index (χ0v) is 27.0. The Morgan fingerprint density at radius 2 is 0.938 bits per heavy atom. The van der Waals surface area contributed by atoms with Crippen LogP contribution >= 0.6 is 0 Å². The summed E-state index contributed by atoms with van der Waals surface area (Å²) in [6, 6.07) is 24.5. The van der Waals surface area contributed by atoms with Crippen LogP contribution in [0.4, 0.5) is 20.2 Å². The fraction of sp³-hybridized carbons (Fsp3) is 0.333. The van der Waals surface area contributed by atoms with Gasteiger partial charge in [0, 0.05) is 118 Å². The first-order valence-corrected chi connectivity index (χ1v) is 16.8. The van der Waals surface area contributed by atoms with Crippen molar-refractivity contribution >= 4 is 22.9 Å². The Morgan fingerprint density at radius 1 is 0.542 bits per heavy atom. The van der Waals surface area contributed by atoms with E-state index in [0.29, 0.717) is 43.5 Å². The van der Waals surface area contributed by atoms with Crippen molar-refractivity contribution in [2.75, 3.05) is 75.2 Å². The first-order valence-electron chi connectivity index (χ1n) is 16.8. The highest BCUT2D eigenvalue weighted by molar-refractivity contribution is 5.97. The van der Waals surface area contributed by atoms with Gasteiger partial charge in [0.1, 0.15) is 23.1 Å². The summed E-state index contributed by atoms with van der Waals surface area (Å²) in [5.41, 5.74) is 5.30. The summed E-state index contributed by atoms with van der Waals surface area (Å²) in [4.78, 5) is 35.5. The van der Waals surface area contributed by atoms with E-state index in [1.54, 1.807) is 0 Å². The van der Waals surface area contributed by atoms with E-state index in [1.165, 1.54) is 24.3 Å². The topological polar surface area (TPSA) is 56.3 Å². The molecule has 0 unspecified atom stereocenters. The highest BCUT2D eigenvalue weighted by Crippen LogP contribution is 2.37. The molecular weight excluding hydrogens is 610 g/mol. The second-order valence-corrected chi connectivity index (χ2v) is 12.9. The third kappa shape index (κ3) is 7.42. The summed E-state index contributed by atoms with van der Waals surface area (Å²) in [5.74, 6) is 1.24. The van der Waals surface area contributed by atoms with Gasteiger partial charge in [0.25, 0.3) is 0 Å². The minimum absolute atomic E-state index is 0.104. The van der Waals surface area contributed by atoms with Gasteiger partial charge >= 0.3 is 0 Å². The number of rotatable bonds is 10. The first-order chi connectivity index (χ1) is 23.4. The molecule has 3 heterocycles. The molecule has 2 saturated heterocycles. The molecule has 0 radical (unpaired) electrons. The monoisotopic (exact) mass is 650 g/mol. The van der Waals surface area contributed by atoms with E-state index in [0.717, 1.165) is 86.4 Å². The van der Waals surface area contributed by atoms with Crippen molar-refractivity contribution in [1.29, 1.82) is 0 Å². The minimum atomic E-state index is -0.230. The van der Waals surface area contributed by atoms with Crippen molar-refractivity contribution in [3.8, 4) is 11.5 Å². The predicted octanol–water partition coefficient (Wildman–Crippen LogP) is 6.45. The van der Waals surface area contributed by atoms with Gasteiger partial charge in [-0.15, -0.1) is 0 Å². The van der Waals surface area contributed by atoms with Crippen molar-refractivity contribution in [2.45, 2.75) is 19.3 Å². The maximum absolute atomic E-state index is 13.3. The summed E-state index contributed by atoms with van der Waals surface area (Å²) in [6.45, 7) is 8.19. The van der Waals surface area contributed by atoms with Gasteiger partial charge in [-0.25, -0.2) is 8.78 Å². The zero-order valence-electron chi connectivity index (χ0n) is 27.0. The number of carbonyl (C=O) groups is 2. The molecule has 2 fully saturated rings. The number of Topliss-reactive ketones (excluding diaryl/α,β-unsaturated/α-hetero) is 2. The SMILES string of the molecule is O=C(CCN1CCN(c2ccc(F)cc2)CC1)c1ccc2c(c1)Cc1cc(C(=O)CCN3CCN(c4ccc(F)cc4)CC3)ccc1O2. The van der Waals surface area contributed by atoms with Crippen molar-refractivity contribution in [1.82, 2.24) is 9.80 Å². The molecule has 0 aromatic heterocycles. The fourth-order valence-corrected chi connectivity index (χ4v) is 6.88. The van der Waals surface area contributed by atoms with Crippen LogP contribution in [0, 0.1) is 11.6 Å². The van der Waals surface area contributed by atoms with E-state index in [2.05, 4.69) is 19.6 Å². The van der Waals surface area contributed by atoms with Crippen LogP contribution in [-0.2, 0) is 6.42 Å². The summed E-state index contributed by atoms with van der Waals surface area (Å²) in [5, 5.41) is 0. The Labute approximate surface area is 280 Å². The summed E-state index contributed by atoms with van der Waals surface area (Å²) >= 11 is 0. The highest BCUT2D eigenvalue weighted by atomic mass is 19.1. The molecular formula is C39H40F2N4O3. The van der Waals surface area contributed by atoms with Crippen molar-refractivity contribution in [3.63, 3.8) is 0 Å². The lowest BCUT2D eigenvalue weighted by atomic mass is 9.94. The predicted molar refractivity (Wildman–Crippen MR) is 184 cm³/mol. The molecule has 48 heavy (non-hydrogen) atoms. The first kappa shape index (κ1) is 32.0. The number of benzene rings is 4. The summed E-state index contributed by atoms with van der Waals surface area (Å²) < 4.78 is 32.7. The van der Waals surface area contributed by atoms with Crippen LogP contribution in [0.25, 0.3) is 0 Å². The van der Waals surface area contributed by atoms with Gasteiger partial charge in [-0.3, -0.25) is 19.4 Å². The molecule has 3 aliphatic heterocycles. The van der Waals surface area contributed by atoms with Gasteiger partial charge < -0.3 is 14.5 Å². The number of fused-ring (bicyclic) bond motifs is 2. The summed E-state index contributed by atoms with van der Waals surface area (Å²) in [7, 11) is 0. The lowest BCUT2D eigenvalue weighted by Gasteiger charge is -2.36. The molecule has 4 aromatic carbocycles. The second kappa shape index (κ2) is 14.3. The lowest BCUT2D eigenvalue weighted by molar-refractivity contribution is 0.0954. The molecule has 0 saturated carbocycles. The Morgan fingerprint density at radius 3 is 1.33 bits per heavy atom. The van der Waals surface area contributed by atoms with Crippen LogP contribution in [0.15, 0.2) is 84.9 Å². The normalized spacial score (nSPS) is 16.6. The molecule has 0 spiro atoms. The molecule has 0 bridgehead atoms. The van der Waals surface area contributed by atoms with E-state index < -0.39 is 0 Å². The van der Waals surface area contributed by atoms with Crippen LogP contribution in [0.2, 0.25) is 0 Å². The van der Waals surface area contributed by atoms with Gasteiger partial charge in [0.15, 0.2) is 11.6 Å². The second-order valence-electron chi connectivity index (χ2n) is 12.9. The quantitative estimate of drug-likeness (QED) is 0.161. The Balaban J connectivity index is 0.890. The van der Waals surface area contributed by atoms with Crippen molar-refractivity contribution in [2.24, 2.45) is 0 Å². The fourth-order valence-electron chi connectivity index (χ4n) is 6.88. The number of nitrogens with zero attached hydrogens (tertiary/aromatic N) is 4. The Hall–Kier alpha value is -4.60. The molecule has 0 amide bonds. The number of halogens is 2. The number of piperazine rings is 2. The Kier molecular flexibility index (Phi) is 9.50. The Bertz CT molecular complexity index is 1630. The number of ether oxygens (including phenoxy) is 1. The van der Waals surface area contributed by atoms with Gasteiger partial charge in [-0.2, -0.15) is 0 Å². The zero-order chi connectivity index (χ0) is 33.0. The minimum Gasteiger partial charge on any atom is -0.457 e. The average Bonchev–Trinajstić information content (AvgIpc) is 3.12. The molecule has 3 aliphatic rings. The van der Waals surface area contributed by atoms with E-state index in [-0.39, 0.29) is 23.2 Å². The van der Waals surface area contributed by atoms with E-state index in [4.69, 9.17) is 4.74 Å². The molecule has 248 valence electrons. The van der Waals surface area contributed by atoms with Gasteiger partial charge in [0.2, 0.25) is 0 Å². The number of carbonyl (C=O) groups excluding carboxylic acids is 2. The van der Waals surface area contributed by atoms with Gasteiger partial charge in [0.05, 0.1) is 0 Å². The molecule has 0 atom stereocenters. The maximum atomic E-state index is 13.3. The molecule has 9 heteroatoms. The summed E-state index contributed by atoms with van der Waals surface area (Å²) in [6.07, 6.45) is 1.48. The third-order valence-corrected chi connectivity index (χ3v) is 9.80. The molecule has 0 N–H and O–H groups in total. The third-order valence-electron chi connectivity index (χ3n) is 9.80. The van der Waals surface area contributed by atoms with Gasteiger partial charge in [-0.1, -0.05) is 0 Å². The smallest absolute Gasteiger partial charge is 0.164 e. The number of anilines is 2. The largest absolute Gasteiger partial charge is 0.457 e. The van der Waals surface area contributed by atoms with Crippen molar-refractivity contribution < 1.29 is 23.1 Å². The standard InChI is InChI=1S/C39H40F2N4O3/c40-32-3-7-34(8-4-32)44-21-17-42(18-22-44)15-13-36(46)28-1-11-38-30(25-28)27-31-26-29(2-12-39(31)48-38)37(47)14-16-43-19-23-45(24-20-43)35-9-5-33(41)6-10-35/h1-12,25-26H,13-24,27H2. The maximum Gasteiger partial charge on any atom is 0.164 e. The van der Waals surface area contributed by atoms with Crippen LogP contribution in [0.1, 0.15) is 44.7 Å². The number of hydrogen-bond acceptors (Lipinski definition) is 7. The van der Waals surface area contributed by atoms with Crippen LogP contribution in [-0.4, -0.2) is 86.8 Å². The van der Waals surface area contributed by atoms with E-state index in [9.17, 15) is 18.4 Å². The number of ketones is 2. The molecule has 4 aromatic rings. The van der Waals surface area contributed by atoms with E-state index in [1.807, 2.05) is 60.7 Å².